The molecule has 1 heterocycles. The lowest BCUT2D eigenvalue weighted by molar-refractivity contribution is -0.123. The average molecular weight is 266 g/mol. The molecule has 2 atom stereocenters. The number of aryl methyl sites for hydroxylation is 1. The van der Waals surface area contributed by atoms with E-state index in [1.807, 2.05) is 17.1 Å². The Hall–Kier alpha value is -1.36. The van der Waals surface area contributed by atoms with Gasteiger partial charge in [0.05, 0.1) is 12.2 Å². The standard InChI is InChI=1S/C14H26N4O/c1-6-18-9-12(8-16-18)11(4)17-13(7-10(2)3)14(19)15-5/h8-11,13,17H,6-7H2,1-5H3,(H,15,19). The number of nitrogens with one attached hydrogen (secondary N) is 2. The maximum absolute atomic E-state index is 11.9. The molecule has 108 valence electrons. The van der Waals surface area contributed by atoms with Gasteiger partial charge in [0.2, 0.25) is 5.91 Å². The van der Waals surface area contributed by atoms with Crippen LogP contribution in [0, 0.1) is 5.92 Å². The fourth-order valence-electron chi connectivity index (χ4n) is 2.07. The zero-order valence-electron chi connectivity index (χ0n) is 12.6. The summed E-state index contributed by atoms with van der Waals surface area (Å²) in [6.07, 6.45) is 4.71. The van der Waals surface area contributed by atoms with Crippen molar-refractivity contribution in [2.24, 2.45) is 5.92 Å². The molecule has 5 nitrogen and oxygen atoms in total. The van der Waals surface area contributed by atoms with Gasteiger partial charge in [-0.3, -0.25) is 14.8 Å². The van der Waals surface area contributed by atoms with Gasteiger partial charge in [-0.2, -0.15) is 5.10 Å². The summed E-state index contributed by atoms with van der Waals surface area (Å²) in [4.78, 5) is 11.9. The lowest BCUT2D eigenvalue weighted by Crippen LogP contribution is -2.44. The molecule has 0 radical (unpaired) electrons. The van der Waals surface area contributed by atoms with Crippen LogP contribution >= 0.6 is 0 Å². The first-order valence-corrected chi connectivity index (χ1v) is 6.97. The van der Waals surface area contributed by atoms with Gasteiger partial charge in [0.25, 0.3) is 0 Å². The number of likely N-dealkylation sites (N-methyl/N-ethyl adjacent to an activating group) is 1. The molecule has 0 bridgehead atoms. The summed E-state index contributed by atoms with van der Waals surface area (Å²) in [5, 5.41) is 10.4. The second-order valence-corrected chi connectivity index (χ2v) is 5.31. The molecule has 5 heteroatoms. The molecular formula is C14H26N4O. The minimum absolute atomic E-state index is 0.0448. The van der Waals surface area contributed by atoms with Crippen LogP contribution in [0.4, 0.5) is 0 Å². The van der Waals surface area contributed by atoms with Crippen molar-refractivity contribution in [3.63, 3.8) is 0 Å². The quantitative estimate of drug-likeness (QED) is 0.790. The molecule has 2 N–H and O–H groups in total. The highest BCUT2D eigenvalue weighted by molar-refractivity contribution is 5.81. The van der Waals surface area contributed by atoms with Gasteiger partial charge in [-0.15, -0.1) is 0 Å². The van der Waals surface area contributed by atoms with Gasteiger partial charge in [0.15, 0.2) is 0 Å². The smallest absolute Gasteiger partial charge is 0.236 e. The Bertz CT molecular complexity index is 400. The van der Waals surface area contributed by atoms with Gasteiger partial charge in [-0.1, -0.05) is 13.8 Å². The molecule has 0 saturated heterocycles. The summed E-state index contributed by atoms with van der Waals surface area (Å²) in [6.45, 7) is 9.22. The lowest BCUT2D eigenvalue weighted by atomic mass is 10.0. The summed E-state index contributed by atoms with van der Waals surface area (Å²) >= 11 is 0. The molecular weight excluding hydrogens is 240 g/mol. The van der Waals surface area contributed by atoms with Crippen LogP contribution in [0.1, 0.15) is 45.7 Å². The fraction of sp³-hybridized carbons (Fsp3) is 0.714. The van der Waals surface area contributed by atoms with E-state index in [4.69, 9.17) is 0 Å². The highest BCUT2D eigenvalue weighted by Gasteiger charge is 2.21. The fourth-order valence-corrected chi connectivity index (χ4v) is 2.07. The number of carbonyl (C=O) groups excluding carboxylic acids is 1. The van der Waals surface area contributed by atoms with E-state index < -0.39 is 0 Å². The SMILES string of the molecule is CCn1cc(C(C)NC(CC(C)C)C(=O)NC)cn1. The molecule has 1 aromatic rings. The Labute approximate surface area is 115 Å². The Balaban J connectivity index is 2.69. The minimum atomic E-state index is -0.162. The maximum atomic E-state index is 11.9. The van der Waals surface area contributed by atoms with Crippen molar-refractivity contribution in [1.82, 2.24) is 20.4 Å². The first-order valence-electron chi connectivity index (χ1n) is 6.97. The Morgan fingerprint density at radius 1 is 1.42 bits per heavy atom. The average Bonchev–Trinajstić information content (AvgIpc) is 2.85. The molecule has 1 aromatic heterocycles. The molecule has 0 aromatic carbocycles. The summed E-state index contributed by atoms with van der Waals surface area (Å²) in [5.41, 5.74) is 1.11. The molecule has 2 unspecified atom stereocenters. The summed E-state index contributed by atoms with van der Waals surface area (Å²) in [6, 6.07) is -0.0497. The van der Waals surface area contributed by atoms with Crippen LogP contribution in [0.15, 0.2) is 12.4 Å². The number of amides is 1. The van der Waals surface area contributed by atoms with Gasteiger partial charge >= 0.3 is 0 Å². The van der Waals surface area contributed by atoms with Crippen LogP contribution in [0.25, 0.3) is 0 Å². The zero-order chi connectivity index (χ0) is 14.4. The summed E-state index contributed by atoms with van der Waals surface area (Å²) < 4.78 is 1.89. The van der Waals surface area contributed by atoms with E-state index in [1.165, 1.54) is 0 Å². The van der Waals surface area contributed by atoms with E-state index in [-0.39, 0.29) is 18.0 Å². The Kier molecular flexibility index (Phi) is 6.02. The third kappa shape index (κ3) is 4.67. The third-order valence-electron chi connectivity index (χ3n) is 3.20. The van der Waals surface area contributed by atoms with Crippen molar-refractivity contribution < 1.29 is 4.79 Å². The summed E-state index contributed by atoms with van der Waals surface area (Å²) in [5.74, 6) is 0.517. The van der Waals surface area contributed by atoms with Gasteiger partial charge < -0.3 is 5.32 Å². The number of hydrogen-bond donors (Lipinski definition) is 2. The largest absolute Gasteiger partial charge is 0.358 e. The molecule has 19 heavy (non-hydrogen) atoms. The van der Waals surface area contributed by atoms with Crippen molar-refractivity contribution in [3.05, 3.63) is 18.0 Å². The van der Waals surface area contributed by atoms with Gasteiger partial charge in [0.1, 0.15) is 0 Å². The van der Waals surface area contributed by atoms with Crippen molar-refractivity contribution in [3.8, 4) is 0 Å². The van der Waals surface area contributed by atoms with E-state index in [1.54, 1.807) is 7.05 Å². The molecule has 0 saturated carbocycles. The highest BCUT2D eigenvalue weighted by atomic mass is 16.2. The molecule has 0 aliphatic carbocycles. The van der Waals surface area contributed by atoms with Gasteiger partial charge in [-0.05, 0) is 26.2 Å². The van der Waals surface area contributed by atoms with Gasteiger partial charge in [0, 0.05) is 31.4 Å². The van der Waals surface area contributed by atoms with Gasteiger partial charge in [-0.25, -0.2) is 0 Å². The first kappa shape index (κ1) is 15.7. The molecule has 0 aliphatic rings. The van der Waals surface area contributed by atoms with Crippen molar-refractivity contribution in [2.75, 3.05) is 7.05 Å². The van der Waals surface area contributed by atoms with E-state index >= 15 is 0 Å². The van der Waals surface area contributed by atoms with E-state index in [2.05, 4.69) is 43.4 Å². The predicted octanol–water partition coefficient (Wildman–Crippen LogP) is 1.71. The number of carbonyl (C=O) groups is 1. The van der Waals surface area contributed by atoms with Crippen LogP contribution < -0.4 is 10.6 Å². The third-order valence-corrected chi connectivity index (χ3v) is 3.20. The van der Waals surface area contributed by atoms with E-state index in [0.29, 0.717) is 5.92 Å². The number of aromatic nitrogens is 2. The topological polar surface area (TPSA) is 59.0 Å². The normalized spacial score (nSPS) is 14.4. The lowest BCUT2D eigenvalue weighted by Gasteiger charge is -2.23. The number of hydrogen-bond acceptors (Lipinski definition) is 3. The molecule has 0 aliphatic heterocycles. The predicted molar refractivity (Wildman–Crippen MR) is 76.8 cm³/mol. The second-order valence-electron chi connectivity index (χ2n) is 5.31. The minimum Gasteiger partial charge on any atom is -0.358 e. The van der Waals surface area contributed by atoms with Crippen LogP contribution in [-0.4, -0.2) is 28.8 Å². The van der Waals surface area contributed by atoms with Crippen LogP contribution in [0.5, 0.6) is 0 Å². The van der Waals surface area contributed by atoms with Crippen LogP contribution in [-0.2, 0) is 11.3 Å². The monoisotopic (exact) mass is 266 g/mol. The zero-order valence-corrected chi connectivity index (χ0v) is 12.6. The first-order chi connectivity index (χ1) is 8.97. The Morgan fingerprint density at radius 3 is 2.58 bits per heavy atom. The number of nitrogens with zero attached hydrogens (tertiary/aromatic N) is 2. The number of rotatable bonds is 7. The van der Waals surface area contributed by atoms with Crippen molar-refractivity contribution in [1.29, 1.82) is 0 Å². The van der Waals surface area contributed by atoms with Crippen LogP contribution in [0.3, 0.4) is 0 Å². The maximum Gasteiger partial charge on any atom is 0.236 e. The van der Waals surface area contributed by atoms with Crippen molar-refractivity contribution >= 4 is 5.91 Å². The second kappa shape index (κ2) is 7.28. The molecule has 0 spiro atoms. The Morgan fingerprint density at radius 2 is 2.11 bits per heavy atom. The highest BCUT2D eigenvalue weighted by Crippen LogP contribution is 2.14. The molecule has 1 amide bonds. The summed E-state index contributed by atoms with van der Waals surface area (Å²) in [7, 11) is 1.68. The van der Waals surface area contributed by atoms with Crippen LogP contribution in [0.2, 0.25) is 0 Å². The van der Waals surface area contributed by atoms with E-state index in [0.717, 1.165) is 18.5 Å². The van der Waals surface area contributed by atoms with Crippen molar-refractivity contribution in [2.45, 2.75) is 52.7 Å². The molecule has 0 fully saturated rings. The molecule has 1 rings (SSSR count). The van der Waals surface area contributed by atoms with E-state index in [9.17, 15) is 4.79 Å².